The highest BCUT2D eigenvalue weighted by atomic mass is 127. The van der Waals surface area contributed by atoms with E-state index in [1.807, 2.05) is 25.1 Å². The lowest BCUT2D eigenvalue weighted by Crippen LogP contribution is -3.61. The Morgan fingerprint density at radius 2 is 1.52 bits per heavy atom. The van der Waals surface area contributed by atoms with Crippen LogP contribution in [0.3, 0.4) is 0 Å². The van der Waals surface area contributed by atoms with Gasteiger partial charge in [0.25, 0.3) is 0 Å². The first-order valence-corrected chi connectivity index (χ1v) is 12.2. The predicted octanol–water partition coefficient (Wildman–Crippen LogP) is 1.49. The third-order valence-electron chi connectivity index (χ3n) is 3.39. The molecule has 27 heavy (non-hydrogen) atoms. The molecule has 3 aromatic rings. The van der Waals surface area contributed by atoms with Gasteiger partial charge in [0.1, 0.15) is 15.9 Å². The van der Waals surface area contributed by atoms with Gasteiger partial charge in [-0.1, -0.05) is 29.8 Å². The molecule has 0 atom stereocenters. The van der Waals surface area contributed by atoms with E-state index in [4.69, 9.17) is 4.74 Å². The molecule has 142 valence electrons. The average molecular weight is 561 g/mol. The van der Waals surface area contributed by atoms with Crippen LogP contribution < -0.4 is 25.9 Å². The summed E-state index contributed by atoms with van der Waals surface area (Å²) < 4.78 is 40.3. The monoisotopic (exact) mass is 560 g/mol. The first-order chi connectivity index (χ1) is 12.8. The Bertz CT molecular complexity index is 972. The lowest BCUT2D eigenvalue weighted by molar-refractivity contribution is -0.598. The number of benzene rings is 3. The summed E-state index contributed by atoms with van der Waals surface area (Å²) in [7, 11) is -2.58. The quantitative estimate of drug-likeness (QED) is 0.358. The van der Waals surface area contributed by atoms with E-state index in [0.717, 1.165) is 11.3 Å². The number of hydrogen-bond acceptors (Lipinski definition) is 4. The van der Waals surface area contributed by atoms with Gasteiger partial charge in [0.05, 0.1) is 16.5 Å². The highest BCUT2D eigenvalue weighted by molar-refractivity contribution is 9.10. The number of hydrogen-bond donors (Lipinski definition) is 0. The average Bonchev–Trinajstić information content (AvgIpc) is 2.64. The molecule has 0 aliphatic rings. The van der Waals surface area contributed by atoms with Crippen molar-refractivity contribution in [1.29, 1.82) is 0 Å². The second kappa shape index (κ2) is 10.2. The molecule has 0 aliphatic heterocycles. The summed E-state index contributed by atoms with van der Waals surface area (Å²) in [6.45, 7) is 1.82. The molecular formula is C20H18BrIO4S. The van der Waals surface area contributed by atoms with E-state index in [0.29, 0.717) is 0 Å². The summed E-state index contributed by atoms with van der Waals surface area (Å²) in [6.07, 6.45) is 0. The van der Waals surface area contributed by atoms with Crippen molar-refractivity contribution < 1.29 is 38.9 Å². The molecule has 7 heteroatoms. The van der Waals surface area contributed by atoms with Crippen LogP contribution in [-0.2, 0) is 10.1 Å². The molecule has 0 unspecified atom stereocenters. The van der Waals surface area contributed by atoms with Crippen LogP contribution in [0.25, 0.3) is 0 Å². The van der Waals surface area contributed by atoms with Crippen molar-refractivity contribution in [2.45, 2.75) is 11.8 Å². The number of methoxy groups -OCH3 is 1. The molecule has 0 saturated carbocycles. The van der Waals surface area contributed by atoms with Gasteiger partial charge in [-0.15, -0.1) is 0 Å². The van der Waals surface area contributed by atoms with E-state index < -0.39 is 10.1 Å². The van der Waals surface area contributed by atoms with Gasteiger partial charge >= 0.3 is 21.2 Å². The maximum absolute atomic E-state index is 10.4. The maximum Gasteiger partial charge on any atom is 0.359 e. The van der Waals surface area contributed by atoms with Gasteiger partial charge in [-0.25, -0.2) is 8.42 Å². The van der Waals surface area contributed by atoms with Gasteiger partial charge in [-0.3, -0.25) is 0 Å². The molecule has 4 nitrogen and oxygen atoms in total. The summed E-state index contributed by atoms with van der Waals surface area (Å²) in [5, 5.41) is 0. The van der Waals surface area contributed by atoms with Crippen LogP contribution in [0.2, 0.25) is 0 Å². The first kappa shape index (κ1) is 21.9. The minimum Gasteiger partial charge on any atom is -0.744 e. The van der Waals surface area contributed by atoms with Crippen LogP contribution in [0, 0.1) is 14.1 Å². The van der Waals surface area contributed by atoms with E-state index in [1.54, 1.807) is 19.2 Å². The van der Waals surface area contributed by atoms with Crippen molar-refractivity contribution in [3.8, 4) is 5.75 Å². The van der Waals surface area contributed by atoms with Gasteiger partial charge < -0.3 is 9.29 Å². The predicted molar refractivity (Wildman–Crippen MR) is 104 cm³/mol. The highest BCUT2D eigenvalue weighted by Crippen LogP contribution is 2.09. The Morgan fingerprint density at radius 1 is 0.926 bits per heavy atom. The van der Waals surface area contributed by atoms with Crippen molar-refractivity contribution in [1.82, 2.24) is 0 Å². The van der Waals surface area contributed by atoms with E-state index in [1.165, 1.54) is 23.7 Å². The van der Waals surface area contributed by atoms with E-state index >= 15 is 0 Å². The fourth-order valence-corrected chi connectivity index (χ4v) is 5.44. The molecule has 0 aromatic heterocycles. The lowest BCUT2D eigenvalue weighted by Gasteiger charge is -2.05. The van der Waals surface area contributed by atoms with Crippen LogP contribution in [0.5, 0.6) is 5.75 Å². The summed E-state index contributed by atoms with van der Waals surface area (Å²) in [5.74, 6) is 0.917. The van der Waals surface area contributed by atoms with Crippen LogP contribution in [0.4, 0.5) is 0 Å². The zero-order valence-corrected chi connectivity index (χ0v) is 19.3. The molecule has 0 saturated heterocycles. The molecular weight excluding hydrogens is 543 g/mol. The zero-order chi connectivity index (χ0) is 19.9. The topological polar surface area (TPSA) is 66.4 Å². The number of rotatable bonds is 4. The smallest absolute Gasteiger partial charge is 0.359 e. The van der Waals surface area contributed by atoms with Crippen LogP contribution in [-0.4, -0.2) is 20.1 Å². The summed E-state index contributed by atoms with van der Waals surface area (Å²) in [6, 6.07) is 22.5. The SMILES string of the molecule is COc1ccc([I+]c2ccccc2Br)cc1.Cc1ccc(S(=O)(=O)[O-])cc1. The lowest BCUT2D eigenvalue weighted by atomic mass is 10.2. The Labute approximate surface area is 178 Å². The minimum absolute atomic E-state index is 0.114. The van der Waals surface area contributed by atoms with Gasteiger partial charge in [0.2, 0.25) is 3.57 Å². The van der Waals surface area contributed by atoms with E-state index in [2.05, 4.69) is 46.3 Å². The molecule has 0 bridgehead atoms. The Hall–Kier alpha value is -1.42. The second-order valence-electron chi connectivity index (χ2n) is 5.43. The Balaban J connectivity index is 0.000000208. The van der Waals surface area contributed by atoms with Crippen molar-refractivity contribution in [3.63, 3.8) is 0 Å². The molecule has 0 heterocycles. The van der Waals surface area contributed by atoms with Gasteiger partial charge in [0.15, 0.2) is 3.57 Å². The van der Waals surface area contributed by atoms with Gasteiger partial charge in [0, 0.05) is 0 Å². The largest absolute Gasteiger partial charge is 0.744 e. The molecule has 0 aliphatic carbocycles. The maximum atomic E-state index is 10.4. The van der Waals surface area contributed by atoms with Crippen LogP contribution in [0.15, 0.2) is 82.2 Å². The third kappa shape index (κ3) is 7.25. The second-order valence-corrected chi connectivity index (χ2v) is 10.6. The normalized spacial score (nSPS) is 10.7. The van der Waals surface area contributed by atoms with E-state index in [9.17, 15) is 13.0 Å². The van der Waals surface area contributed by atoms with Crippen molar-refractivity contribution in [2.75, 3.05) is 7.11 Å². The number of aryl methyl sites for hydroxylation is 1. The summed E-state index contributed by atoms with van der Waals surface area (Å²) in [4.78, 5) is -0.178. The molecule has 3 aromatic carbocycles. The highest BCUT2D eigenvalue weighted by Gasteiger charge is 2.18. The van der Waals surface area contributed by atoms with Crippen molar-refractivity contribution in [3.05, 3.63) is 90.0 Å². The Kier molecular flexibility index (Phi) is 8.28. The summed E-state index contributed by atoms with van der Waals surface area (Å²) >= 11 is 3.47. The third-order valence-corrected chi connectivity index (χ3v) is 8.54. The molecule has 0 amide bonds. The van der Waals surface area contributed by atoms with Gasteiger partial charge in [-0.2, -0.15) is 0 Å². The van der Waals surface area contributed by atoms with Gasteiger partial charge in [-0.05, 0) is 71.4 Å². The molecule has 0 spiro atoms. The van der Waals surface area contributed by atoms with Crippen molar-refractivity contribution in [2.24, 2.45) is 0 Å². The molecule has 0 N–H and O–H groups in total. The standard InChI is InChI=1S/C13H11BrIO.C7H8O3S/c1-16-11-8-6-10(7-9-11)15-13-5-3-2-4-12(13)14;1-6-2-4-7(5-3-6)11(8,9)10/h2-9H,1H3;2-5H,1H3,(H,8,9,10)/q+1;/p-1. The number of halogens is 2. The first-order valence-electron chi connectivity index (χ1n) is 7.85. The van der Waals surface area contributed by atoms with Crippen LogP contribution >= 0.6 is 15.9 Å². The van der Waals surface area contributed by atoms with Crippen LogP contribution in [0.1, 0.15) is 5.56 Å². The minimum atomic E-state index is -4.27. The van der Waals surface area contributed by atoms with Crippen molar-refractivity contribution >= 4 is 26.0 Å². The zero-order valence-electron chi connectivity index (χ0n) is 14.7. The Morgan fingerprint density at radius 3 is 2.04 bits per heavy atom. The fourth-order valence-electron chi connectivity index (χ4n) is 1.97. The fraction of sp³-hybridized carbons (Fsp3) is 0.100. The van der Waals surface area contributed by atoms with E-state index in [-0.39, 0.29) is 26.1 Å². The number of ether oxygens (including phenoxy) is 1. The molecule has 0 radical (unpaired) electrons. The molecule has 3 rings (SSSR count). The summed E-state index contributed by atoms with van der Waals surface area (Å²) in [5.41, 5.74) is 0.928. The molecule has 0 fully saturated rings.